The van der Waals surface area contributed by atoms with Gasteiger partial charge in [-0.3, -0.25) is 10.1 Å². The number of nitrogens with zero attached hydrogens (tertiary/aromatic N) is 1. The Kier molecular flexibility index (Phi) is 4.30. The maximum absolute atomic E-state index is 10.6. The summed E-state index contributed by atoms with van der Waals surface area (Å²) < 4.78 is 0. The number of para-hydroxylation sites is 1. The molecule has 1 atom stereocenters. The van der Waals surface area contributed by atoms with Crippen LogP contribution in [0.25, 0.3) is 0 Å². The number of rotatable bonds is 5. The van der Waals surface area contributed by atoms with Gasteiger partial charge in [-0.2, -0.15) is 0 Å². The molecule has 15 heavy (non-hydrogen) atoms. The van der Waals surface area contributed by atoms with Crippen molar-refractivity contribution in [1.82, 2.24) is 0 Å². The average molecular weight is 208 g/mol. The van der Waals surface area contributed by atoms with E-state index in [1.54, 1.807) is 24.3 Å². The summed E-state index contributed by atoms with van der Waals surface area (Å²) in [7, 11) is 0. The first kappa shape index (κ1) is 11.2. The molecule has 80 valence electrons. The molecular weight excluding hydrogens is 196 g/mol. The molecule has 1 rings (SSSR count). The van der Waals surface area contributed by atoms with Gasteiger partial charge in [0.2, 0.25) is 0 Å². The van der Waals surface area contributed by atoms with Crippen LogP contribution in [-0.2, 0) is 0 Å². The summed E-state index contributed by atoms with van der Waals surface area (Å²) in [5.74, 6) is 0. The van der Waals surface area contributed by atoms with Crippen molar-refractivity contribution in [2.24, 2.45) is 0 Å². The second kappa shape index (κ2) is 5.77. The largest absolute Gasteiger partial charge is 0.392 e. The molecule has 0 aliphatic rings. The Hall–Kier alpha value is -1.88. The zero-order chi connectivity index (χ0) is 11.1. The maximum Gasteiger partial charge on any atom is 0.303 e. The summed E-state index contributed by atoms with van der Waals surface area (Å²) in [5.41, 5.74) is 0.668. The first-order chi connectivity index (χ1) is 7.24. The minimum absolute atomic E-state index is 0.208. The van der Waals surface area contributed by atoms with Crippen molar-refractivity contribution >= 4 is 5.69 Å². The van der Waals surface area contributed by atoms with E-state index in [0.717, 1.165) is 0 Å². The Bertz CT molecular complexity index is 338. The smallest absolute Gasteiger partial charge is 0.303 e. The van der Waals surface area contributed by atoms with Gasteiger partial charge in [-0.25, -0.2) is 0 Å². The summed E-state index contributed by atoms with van der Waals surface area (Å²) in [6.07, 6.45) is 1.63. The van der Waals surface area contributed by atoms with Crippen LogP contribution in [0.1, 0.15) is 0 Å². The summed E-state index contributed by atoms with van der Waals surface area (Å²) in [6, 6.07) is 8.88. The van der Waals surface area contributed by atoms with E-state index in [1.807, 2.05) is 6.07 Å². The zero-order valence-electron chi connectivity index (χ0n) is 8.04. The monoisotopic (exact) mass is 208 g/mol. The molecule has 1 aromatic rings. The zero-order valence-corrected chi connectivity index (χ0v) is 8.04. The van der Waals surface area contributed by atoms with Crippen molar-refractivity contribution in [3.05, 3.63) is 52.6 Å². The minimum Gasteiger partial charge on any atom is -0.392 e. The lowest BCUT2D eigenvalue weighted by molar-refractivity contribution is -0.501. The molecule has 1 aromatic carbocycles. The van der Waals surface area contributed by atoms with E-state index >= 15 is 0 Å². The Morgan fingerprint density at radius 1 is 1.47 bits per heavy atom. The number of benzene rings is 1. The first-order valence-corrected chi connectivity index (χ1v) is 4.46. The molecular formula is C10H12N2O3. The summed E-state index contributed by atoms with van der Waals surface area (Å²) in [4.78, 5) is 10.2. The molecule has 0 saturated heterocycles. The third kappa shape index (κ3) is 3.78. The number of aliphatic hydroxyl groups is 1. The Labute approximate surface area is 87.2 Å². The van der Waals surface area contributed by atoms with E-state index in [4.69, 9.17) is 5.11 Å². The van der Waals surface area contributed by atoms with E-state index in [1.165, 1.54) is 12.2 Å². The summed E-state index contributed by atoms with van der Waals surface area (Å²) in [6.45, 7) is -0.208. The van der Waals surface area contributed by atoms with E-state index in [9.17, 15) is 10.1 Å². The maximum atomic E-state index is 10.6. The predicted molar refractivity (Wildman–Crippen MR) is 57.1 cm³/mol. The average Bonchev–Trinajstić information content (AvgIpc) is 2.25. The highest BCUT2D eigenvalue weighted by Crippen LogP contribution is 2.07. The molecule has 5 heteroatoms. The fourth-order valence-corrected chi connectivity index (χ4v) is 1.07. The molecule has 0 aliphatic carbocycles. The molecule has 0 spiro atoms. The summed E-state index contributed by atoms with van der Waals surface area (Å²) in [5, 5.41) is 21.9. The molecule has 0 bridgehead atoms. The fourth-order valence-electron chi connectivity index (χ4n) is 1.07. The molecule has 0 fully saturated rings. The van der Waals surface area contributed by atoms with Crippen molar-refractivity contribution < 1.29 is 10.0 Å². The van der Waals surface area contributed by atoms with Crippen LogP contribution in [-0.4, -0.2) is 22.8 Å². The standard InChI is InChI=1S/C10H12N2O3/c13-8-4-7-10(12(14)15)11-9-5-2-1-3-6-9/h1-7,10-11,13H,8H2/b7-4-. The lowest BCUT2D eigenvalue weighted by Crippen LogP contribution is -2.26. The van der Waals surface area contributed by atoms with Crippen molar-refractivity contribution in [1.29, 1.82) is 0 Å². The third-order valence-electron chi connectivity index (χ3n) is 1.74. The van der Waals surface area contributed by atoms with Crippen LogP contribution in [0.2, 0.25) is 0 Å². The highest BCUT2D eigenvalue weighted by Gasteiger charge is 2.14. The van der Waals surface area contributed by atoms with Gasteiger partial charge in [0, 0.05) is 16.7 Å². The van der Waals surface area contributed by atoms with Gasteiger partial charge in [-0.05, 0) is 12.1 Å². The SMILES string of the molecule is O=[N+]([O-])C(/C=C\CO)Nc1ccccc1. The van der Waals surface area contributed by atoms with Crippen LogP contribution in [0.15, 0.2) is 42.5 Å². The van der Waals surface area contributed by atoms with Gasteiger partial charge in [0.05, 0.1) is 6.61 Å². The van der Waals surface area contributed by atoms with Crippen molar-refractivity contribution in [3.63, 3.8) is 0 Å². The minimum atomic E-state index is -1.01. The van der Waals surface area contributed by atoms with E-state index in [2.05, 4.69) is 5.32 Å². The fraction of sp³-hybridized carbons (Fsp3) is 0.200. The van der Waals surface area contributed by atoms with Crippen LogP contribution in [0.3, 0.4) is 0 Å². The van der Waals surface area contributed by atoms with E-state index in [0.29, 0.717) is 5.69 Å². The molecule has 0 heterocycles. The van der Waals surface area contributed by atoms with Crippen LogP contribution in [0.4, 0.5) is 5.69 Å². The Morgan fingerprint density at radius 3 is 2.67 bits per heavy atom. The normalized spacial score (nSPS) is 12.6. The Morgan fingerprint density at radius 2 is 2.13 bits per heavy atom. The third-order valence-corrected chi connectivity index (χ3v) is 1.74. The highest BCUT2D eigenvalue weighted by atomic mass is 16.6. The molecule has 0 aromatic heterocycles. The highest BCUT2D eigenvalue weighted by molar-refractivity contribution is 5.43. The molecule has 0 aliphatic heterocycles. The number of nitro groups is 1. The number of anilines is 1. The second-order valence-corrected chi connectivity index (χ2v) is 2.85. The molecule has 0 saturated carbocycles. The van der Waals surface area contributed by atoms with Gasteiger partial charge in [0.1, 0.15) is 0 Å². The predicted octanol–water partition coefficient (Wildman–Crippen LogP) is 1.25. The molecule has 0 radical (unpaired) electrons. The lowest BCUT2D eigenvalue weighted by Gasteiger charge is -2.08. The molecule has 1 unspecified atom stereocenters. The van der Waals surface area contributed by atoms with Crippen molar-refractivity contribution in [3.8, 4) is 0 Å². The summed E-state index contributed by atoms with van der Waals surface area (Å²) >= 11 is 0. The number of nitrogens with one attached hydrogen (secondary N) is 1. The van der Waals surface area contributed by atoms with Crippen molar-refractivity contribution in [2.45, 2.75) is 6.17 Å². The quantitative estimate of drug-likeness (QED) is 0.330. The van der Waals surface area contributed by atoms with Crippen LogP contribution >= 0.6 is 0 Å². The van der Waals surface area contributed by atoms with Gasteiger partial charge in [0.25, 0.3) is 0 Å². The topological polar surface area (TPSA) is 75.4 Å². The Balaban J connectivity index is 2.67. The van der Waals surface area contributed by atoms with Gasteiger partial charge in [-0.15, -0.1) is 0 Å². The molecule has 5 nitrogen and oxygen atoms in total. The number of aliphatic hydroxyl groups excluding tert-OH is 1. The van der Waals surface area contributed by atoms with Gasteiger partial charge < -0.3 is 10.4 Å². The van der Waals surface area contributed by atoms with Crippen LogP contribution < -0.4 is 5.32 Å². The molecule has 2 N–H and O–H groups in total. The first-order valence-electron chi connectivity index (χ1n) is 4.46. The van der Waals surface area contributed by atoms with E-state index < -0.39 is 11.1 Å². The van der Waals surface area contributed by atoms with Gasteiger partial charge in [-0.1, -0.05) is 24.3 Å². The molecule has 0 amide bonds. The van der Waals surface area contributed by atoms with Gasteiger partial charge in [0.15, 0.2) is 0 Å². The lowest BCUT2D eigenvalue weighted by atomic mass is 10.3. The van der Waals surface area contributed by atoms with Crippen LogP contribution in [0, 0.1) is 10.1 Å². The number of hydrogen-bond acceptors (Lipinski definition) is 4. The van der Waals surface area contributed by atoms with E-state index in [-0.39, 0.29) is 6.61 Å². The van der Waals surface area contributed by atoms with Gasteiger partial charge >= 0.3 is 6.17 Å². The second-order valence-electron chi connectivity index (χ2n) is 2.85. The van der Waals surface area contributed by atoms with Crippen molar-refractivity contribution in [2.75, 3.05) is 11.9 Å². The number of hydrogen-bond donors (Lipinski definition) is 2. The van der Waals surface area contributed by atoms with Crippen LogP contribution in [0.5, 0.6) is 0 Å².